The third-order valence-electron chi connectivity index (χ3n) is 3.75. The number of ketones is 1. The Morgan fingerprint density at radius 3 is 2.80 bits per heavy atom. The number of fused-ring (bicyclic) bond motifs is 1. The number of nitrogens with zero attached hydrogens (tertiary/aromatic N) is 2. The van der Waals surface area contributed by atoms with E-state index in [9.17, 15) is 9.18 Å². The quantitative estimate of drug-likeness (QED) is 0.384. The number of halogens is 1. The minimum atomic E-state index is -0.300. The average Bonchev–Trinajstić information content (AvgIpc) is 3.30. The number of furan rings is 1. The Morgan fingerprint density at radius 2 is 2.08 bits per heavy atom. The minimum Gasteiger partial charge on any atom is -0.461 e. The lowest BCUT2D eigenvalue weighted by atomic mass is 10.1. The van der Waals surface area contributed by atoms with Gasteiger partial charge in [-0.15, -0.1) is 11.3 Å². The van der Waals surface area contributed by atoms with Gasteiger partial charge in [0.1, 0.15) is 5.82 Å². The van der Waals surface area contributed by atoms with Crippen LogP contribution >= 0.6 is 11.3 Å². The van der Waals surface area contributed by atoms with Crippen LogP contribution in [0.3, 0.4) is 0 Å². The molecule has 0 fully saturated rings. The van der Waals surface area contributed by atoms with Crippen molar-refractivity contribution in [1.82, 2.24) is 9.38 Å². The molecule has 0 radical (unpaired) electrons. The number of carbonyl (C=O) groups excluding carboxylic acids is 1. The Labute approximate surface area is 146 Å². The molecule has 4 aromatic rings. The van der Waals surface area contributed by atoms with E-state index in [1.165, 1.54) is 24.5 Å². The second kappa shape index (κ2) is 6.14. The van der Waals surface area contributed by atoms with E-state index in [2.05, 4.69) is 4.98 Å². The standard InChI is InChI=1S/C19H13FN2O2S/c1-12-11-22-15(8-9-16(23)17-3-2-10-24-17)18(21-19(22)25-12)13-4-6-14(20)7-5-13/h2-11H,1H3. The van der Waals surface area contributed by atoms with Crippen molar-refractivity contribution in [1.29, 1.82) is 0 Å². The maximum absolute atomic E-state index is 13.2. The Kier molecular flexibility index (Phi) is 3.82. The molecule has 6 heteroatoms. The van der Waals surface area contributed by atoms with Crippen molar-refractivity contribution in [2.24, 2.45) is 0 Å². The van der Waals surface area contributed by atoms with Gasteiger partial charge in [0, 0.05) is 16.6 Å². The third-order valence-corrected chi connectivity index (χ3v) is 4.65. The van der Waals surface area contributed by atoms with Crippen molar-refractivity contribution < 1.29 is 13.6 Å². The van der Waals surface area contributed by atoms with Gasteiger partial charge in [0.15, 0.2) is 10.7 Å². The smallest absolute Gasteiger partial charge is 0.221 e. The number of carbonyl (C=O) groups is 1. The van der Waals surface area contributed by atoms with E-state index in [1.54, 1.807) is 41.7 Å². The first kappa shape index (κ1) is 15.5. The summed E-state index contributed by atoms with van der Waals surface area (Å²) in [6.07, 6.45) is 6.61. The number of rotatable bonds is 4. The summed E-state index contributed by atoms with van der Waals surface area (Å²) < 4.78 is 20.3. The number of aryl methyl sites for hydroxylation is 1. The van der Waals surface area contributed by atoms with Crippen LogP contribution in [0.5, 0.6) is 0 Å². The van der Waals surface area contributed by atoms with Crippen LogP contribution in [-0.2, 0) is 0 Å². The Balaban J connectivity index is 1.81. The highest BCUT2D eigenvalue weighted by Gasteiger charge is 2.15. The molecule has 0 saturated carbocycles. The number of aromatic nitrogens is 2. The molecule has 0 aliphatic heterocycles. The van der Waals surface area contributed by atoms with Gasteiger partial charge in [0.2, 0.25) is 5.78 Å². The number of allylic oxidation sites excluding steroid dienone is 1. The number of imidazole rings is 1. The zero-order valence-electron chi connectivity index (χ0n) is 13.3. The molecule has 3 aromatic heterocycles. The highest BCUT2D eigenvalue weighted by molar-refractivity contribution is 7.17. The van der Waals surface area contributed by atoms with E-state index in [0.717, 1.165) is 21.1 Å². The fourth-order valence-electron chi connectivity index (χ4n) is 2.61. The van der Waals surface area contributed by atoms with Crippen molar-refractivity contribution in [2.75, 3.05) is 0 Å². The van der Waals surface area contributed by atoms with E-state index in [1.807, 2.05) is 17.5 Å². The molecule has 25 heavy (non-hydrogen) atoms. The van der Waals surface area contributed by atoms with Gasteiger partial charge in [-0.2, -0.15) is 0 Å². The molecule has 124 valence electrons. The first-order valence-corrected chi connectivity index (χ1v) is 8.44. The normalized spacial score (nSPS) is 11.6. The molecule has 0 aliphatic carbocycles. The van der Waals surface area contributed by atoms with Crippen molar-refractivity contribution in [3.05, 3.63) is 77.1 Å². The molecule has 0 atom stereocenters. The van der Waals surface area contributed by atoms with Gasteiger partial charge in [-0.25, -0.2) is 9.37 Å². The maximum atomic E-state index is 13.2. The summed E-state index contributed by atoms with van der Waals surface area (Å²) in [6, 6.07) is 9.45. The first-order chi connectivity index (χ1) is 12.1. The van der Waals surface area contributed by atoms with E-state index in [-0.39, 0.29) is 17.4 Å². The van der Waals surface area contributed by atoms with Crippen LogP contribution in [0.15, 0.2) is 59.4 Å². The second-order valence-corrected chi connectivity index (χ2v) is 6.74. The third kappa shape index (κ3) is 2.92. The van der Waals surface area contributed by atoms with Crippen LogP contribution in [0.1, 0.15) is 21.1 Å². The topological polar surface area (TPSA) is 47.5 Å². The molecule has 0 bridgehead atoms. The van der Waals surface area contributed by atoms with Crippen molar-refractivity contribution in [3.63, 3.8) is 0 Å². The molecular weight excluding hydrogens is 339 g/mol. The van der Waals surface area contributed by atoms with Crippen LogP contribution in [-0.4, -0.2) is 15.2 Å². The van der Waals surface area contributed by atoms with E-state index in [4.69, 9.17) is 4.42 Å². The first-order valence-electron chi connectivity index (χ1n) is 7.62. The van der Waals surface area contributed by atoms with Crippen LogP contribution < -0.4 is 0 Å². The molecule has 4 rings (SSSR count). The predicted molar refractivity (Wildman–Crippen MR) is 95.3 cm³/mol. The Morgan fingerprint density at radius 1 is 1.28 bits per heavy atom. The lowest BCUT2D eigenvalue weighted by molar-refractivity contribution is 0.102. The molecular formula is C19H13FN2O2S. The van der Waals surface area contributed by atoms with Gasteiger partial charge >= 0.3 is 0 Å². The molecule has 0 aliphatic rings. The minimum absolute atomic E-state index is 0.225. The van der Waals surface area contributed by atoms with Gasteiger partial charge in [-0.3, -0.25) is 9.20 Å². The molecule has 0 saturated heterocycles. The summed E-state index contributed by atoms with van der Waals surface area (Å²) in [7, 11) is 0. The van der Waals surface area contributed by atoms with Crippen LogP contribution in [0.4, 0.5) is 4.39 Å². The molecule has 4 nitrogen and oxygen atoms in total. The predicted octanol–water partition coefficient (Wildman–Crippen LogP) is 5.00. The van der Waals surface area contributed by atoms with Gasteiger partial charge in [-0.05, 0) is 55.5 Å². The molecule has 0 N–H and O–H groups in total. The average molecular weight is 352 g/mol. The van der Waals surface area contributed by atoms with Crippen LogP contribution in [0.2, 0.25) is 0 Å². The number of hydrogen-bond donors (Lipinski definition) is 0. The van der Waals surface area contributed by atoms with Gasteiger partial charge in [0.05, 0.1) is 17.7 Å². The Bertz CT molecular complexity index is 1070. The fraction of sp³-hybridized carbons (Fsp3) is 0.0526. The molecule has 0 unspecified atom stereocenters. The number of hydrogen-bond acceptors (Lipinski definition) is 4. The van der Waals surface area contributed by atoms with Crippen LogP contribution in [0, 0.1) is 12.7 Å². The second-order valence-electron chi connectivity index (χ2n) is 5.52. The van der Waals surface area contributed by atoms with E-state index in [0.29, 0.717) is 5.69 Å². The zero-order chi connectivity index (χ0) is 17.4. The Hall–Kier alpha value is -2.99. The zero-order valence-corrected chi connectivity index (χ0v) is 14.1. The number of benzene rings is 1. The summed E-state index contributed by atoms with van der Waals surface area (Å²) in [4.78, 5) is 18.8. The van der Waals surface area contributed by atoms with Crippen molar-refractivity contribution >= 4 is 28.2 Å². The van der Waals surface area contributed by atoms with E-state index >= 15 is 0 Å². The largest absolute Gasteiger partial charge is 0.461 e. The summed E-state index contributed by atoms with van der Waals surface area (Å²) in [6.45, 7) is 2.00. The van der Waals surface area contributed by atoms with Gasteiger partial charge in [0.25, 0.3) is 0 Å². The lowest BCUT2D eigenvalue weighted by Gasteiger charge is -2.00. The SMILES string of the molecule is Cc1cn2c(C=CC(=O)c3ccco3)c(-c3ccc(F)cc3)nc2s1. The summed E-state index contributed by atoms with van der Waals surface area (Å²) >= 11 is 1.56. The summed E-state index contributed by atoms with van der Waals surface area (Å²) in [5, 5.41) is 0. The maximum Gasteiger partial charge on any atom is 0.221 e. The molecule has 3 heterocycles. The molecule has 0 spiro atoms. The molecule has 1 aromatic carbocycles. The van der Waals surface area contributed by atoms with Gasteiger partial charge < -0.3 is 4.42 Å². The lowest BCUT2D eigenvalue weighted by Crippen LogP contribution is -1.92. The summed E-state index contributed by atoms with van der Waals surface area (Å²) in [5.41, 5.74) is 2.26. The monoisotopic (exact) mass is 352 g/mol. The van der Waals surface area contributed by atoms with Crippen molar-refractivity contribution in [3.8, 4) is 11.3 Å². The molecule has 0 amide bonds. The highest BCUT2D eigenvalue weighted by atomic mass is 32.1. The van der Waals surface area contributed by atoms with Crippen LogP contribution in [0.25, 0.3) is 22.3 Å². The highest BCUT2D eigenvalue weighted by Crippen LogP contribution is 2.29. The van der Waals surface area contributed by atoms with Crippen molar-refractivity contribution in [2.45, 2.75) is 6.92 Å². The summed E-state index contributed by atoms with van der Waals surface area (Å²) in [5.74, 6) is -0.246. The number of thiazole rings is 1. The van der Waals surface area contributed by atoms with Gasteiger partial charge in [-0.1, -0.05) is 0 Å². The van der Waals surface area contributed by atoms with E-state index < -0.39 is 0 Å². The fourth-order valence-corrected chi connectivity index (χ4v) is 3.44.